The van der Waals surface area contributed by atoms with Gasteiger partial charge in [-0.25, -0.2) is 4.79 Å². The minimum atomic E-state index is -0.962. The van der Waals surface area contributed by atoms with E-state index < -0.39 is 10.8 Å². The minimum absolute atomic E-state index is 0.254. The molecule has 0 saturated heterocycles. The van der Waals surface area contributed by atoms with Gasteiger partial charge in [0.25, 0.3) is 0 Å². The van der Waals surface area contributed by atoms with Gasteiger partial charge in [0, 0.05) is 41.0 Å². The fraction of sp³-hybridized carbons (Fsp3) is 0.692. The van der Waals surface area contributed by atoms with E-state index >= 15 is 0 Å². The van der Waals surface area contributed by atoms with E-state index in [1.54, 1.807) is 11.7 Å². The quantitative estimate of drug-likeness (QED) is 0.868. The molecular weight excluding hydrogens is 276 g/mol. The summed E-state index contributed by atoms with van der Waals surface area (Å²) >= 11 is 0. The molecule has 2 N–H and O–H groups in total. The van der Waals surface area contributed by atoms with Crippen LogP contribution in [0.4, 0.5) is 10.6 Å². The fourth-order valence-corrected chi connectivity index (χ4v) is 2.44. The molecule has 6 nitrogen and oxygen atoms in total. The Morgan fingerprint density at radius 1 is 1.45 bits per heavy atom. The van der Waals surface area contributed by atoms with Gasteiger partial charge in [0.2, 0.25) is 0 Å². The van der Waals surface area contributed by atoms with Crippen LogP contribution in [0.5, 0.6) is 0 Å². The summed E-state index contributed by atoms with van der Waals surface area (Å²) in [5, 5.41) is 9.68. The molecule has 0 bridgehead atoms. The molecule has 0 spiro atoms. The van der Waals surface area contributed by atoms with E-state index in [0.717, 1.165) is 12.1 Å². The van der Waals surface area contributed by atoms with Crippen LogP contribution < -0.4 is 10.6 Å². The zero-order chi connectivity index (χ0) is 15.3. The van der Waals surface area contributed by atoms with Gasteiger partial charge in [0.15, 0.2) is 0 Å². The maximum absolute atomic E-state index is 11.8. The Kier molecular flexibility index (Phi) is 5.74. The summed E-state index contributed by atoms with van der Waals surface area (Å²) in [7, 11) is 0.819. The molecule has 1 heterocycles. The number of anilines is 1. The molecule has 0 unspecified atom stereocenters. The average Bonchev–Trinajstić information content (AvgIpc) is 2.69. The minimum Gasteiger partial charge on any atom is -0.337 e. The molecule has 0 saturated carbocycles. The maximum atomic E-state index is 11.8. The lowest BCUT2D eigenvalue weighted by Gasteiger charge is -2.17. The lowest BCUT2D eigenvalue weighted by molar-refractivity contribution is 0.252. The number of hydrogen-bond donors (Lipinski definition) is 2. The zero-order valence-corrected chi connectivity index (χ0v) is 13.6. The van der Waals surface area contributed by atoms with E-state index in [1.807, 2.05) is 33.8 Å². The Bertz CT molecular complexity index is 491. The van der Waals surface area contributed by atoms with E-state index in [4.69, 9.17) is 0 Å². The first-order chi connectivity index (χ1) is 9.24. The average molecular weight is 300 g/mol. The van der Waals surface area contributed by atoms with Crippen LogP contribution >= 0.6 is 0 Å². The fourth-order valence-electron chi connectivity index (χ4n) is 1.54. The van der Waals surface area contributed by atoms with Crippen LogP contribution in [0.25, 0.3) is 0 Å². The molecule has 20 heavy (non-hydrogen) atoms. The van der Waals surface area contributed by atoms with Crippen LogP contribution in [0, 0.1) is 0 Å². The van der Waals surface area contributed by atoms with Crippen molar-refractivity contribution in [2.45, 2.75) is 38.9 Å². The van der Waals surface area contributed by atoms with Crippen LogP contribution in [0.2, 0.25) is 0 Å². The number of amides is 2. The van der Waals surface area contributed by atoms with Crippen molar-refractivity contribution < 1.29 is 9.00 Å². The zero-order valence-electron chi connectivity index (χ0n) is 12.8. The molecule has 7 heteroatoms. The molecule has 0 fully saturated rings. The molecule has 0 aliphatic rings. The molecular formula is C13H24N4O2S. The Balaban J connectivity index is 2.41. The van der Waals surface area contributed by atoms with Crippen LogP contribution in [0.15, 0.2) is 6.07 Å². The third kappa shape index (κ3) is 4.96. The van der Waals surface area contributed by atoms with Crippen molar-refractivity contribution in [3.05, 3.63) is 11.8 Å². The number of aryl methyl sites for hydroxylation is 2. The Hall–Kier alpha value is -1.37. The van der Waals surface area contributed by atoms with E-state index in [-0.39, 0.29) is 10.8 Å². The molecule has 1 aromatic rings. The summed E-state index contributed by atoms with van der Waals surface area (Å²) < 4.78 is 13.2. The number of rotatable bonds is 5. The monoisotopic (exact) mass is 300 g/mol. The first-order valence-corrected chi connectivity index (χ1v) is 8.02. The number of nitrogens with one attached hydrogen (secondary N) is 2. The highest BCUT2D eigenvalue weighted by atomic mass is 32.2. The molecule has 1 aromatic heterocycles. The number of hydrogen-bond acceptors (Lipinski definition) is 3. The summed E-state index contributed by atoms with van der Waals surface area (Å²) in [5.41, 5.74) is 0.927. The predicted octanol–water partition coefficient (Wildman–Crippen LogP) is 1.65. The predicted molar refractivity (Wildman–Crippen MR) is 82.4 cm³/mol. The lowest BCUT2D eigenvalue weighted by atomic mass is 10.3. The van der Waals surface area contributed by atoms with E-state index in [2.05, 4.69) is 15.7 Å². The van der Waals surface area contributed by atoms with Gasteiger partial charge in [-0.1, -0.05) is 6.92 Å². The van der Waals surface area contributed by atoms with E-state index in [9.17, 15) is 9.00 Å². The number of aromatic nitrogens is 2. The van der Waals surface area contributed by atoms with Gasteiger partial charge in [0.1, 0.15) is 5.82 Å². The van der Waals surface area contributed by atoms with Gasteiger partial charge < -0.3 is 5.32 Å². The molecule has 0 aromatic carbocycles. The van der Waals surface area contributed by atoms with Crippen molar-refractivity contribution >= 4 is 22.6 Å². The lowest BCUT2D eigenvalue weighted by Crippen LogP contribution is -2.35. The Morgan fingerprint density at radius 3 is 2.60 bits per heavy atom. The van der Waals surface area contributed by atoms with Gasteiger partial charge in [-0.2, -0.15) is 5.10 Å². The SMILES string of the molecule is CCc1cc(NC(=O)NCC[S@@](=O)C(C)(C)C)n(C)n1. The second-order valence-electron chi connectivity index (χ2n) is 5.54. The van der Waals surface area contributed by atoms with Crippen LogP contribution in [0.1, 0.15) is 33.4 Å². The second-order valence-corrected chi connectivity index (χ2v) is 7.87. The number of carbonyl (C=O) groups excluding carboxylic acids is 1. The molecule has 0 aliphatic heterocycles. The molecule has 1 rings (SSSR count). The van der Waals surface area contributed by atoms with E-state index in [1.165, 1.54) is 0 Å². The topological polar surface area (TPSA) is 76.0 Å². The summed E-state index contributed by atoms with van der Waals surface area (Å²) in [6.45, 7) is 8.16. The third-order valence-corrected chi connectivity index (χ3v) is 4.73. The summed E-state index contributed by atoms with van der Waals surface area (Å²) in [4.78, 5) is 11.7. The smallest absolute Gasteiger partial charge is 0.320 e. The van der Waals surface area contributed by atoms with Crippen molar-refractivity contribution in [3.8, 4) is 0 Å². The van der Waals surface area contributed by atoms with Gasteiger partial charge in [-0.3, -0.25) is 14.2 Å². The highest BCUT2D eigenvalue weighted by Gasteiger charge is 2.19. The molecule has 114 valence electrons. The number of nitrogens with zero attached hydrogens (tertiary/aromatic N) is 2. The normalized spacial score (nSPS) is 13.1. The standard InChI is InChI=1S/C13H24N4O2S/c1-6-10-9-11(17(5)16-10)15-12(18)14-7-8-20(19)13(2,3)4/h9H,6-8H2,1-5H3,(H2,14,15,18)/t20-/m1/s1. The largest absolute Gasteiger partial charge is 0.337 e. The highest BCUT2D eigenvalue weighted by molar-refractivity contribution is 7.86. The summed E-state index contributed by atoms with van der Waals surface area (Å²) in [6.07, 6.45) is 0.821. The highest BCUT2D eigenvalue weighted by Crippen LogP contribution is 2.11. The van der Waals surface area contributed by atoms with Crippen molar-refractivity contribution in [2.75, 3.05) is 17.6 Å². The van der Waals surface area contributed by atoms with Crippen LogP contribution in [0.3, 0.4) is 0 Å². The van der Waals surface area contributed by atoms with Gasteiger partial charge in [-0.15, -0.1) is 0 Å². The molecule has 2 amide bonds. The molecule has 0 radical (unpaired) electrons. The first-order valence-electron chi connectivity index (χ1n) is 6.70. The van der Waals surface area contributed by atoms with Crippen molar-refractivity contribution in [1.82, 2.24) is 15.1 Å². The second kappa shape index (κ2) is 6.88. The van der Waals surface area contributed by atoms with Gasteiger partial charge >= 0.3 is 6.03 Å². The molecule has 0 aliphatic carbocycles. The Morgan fingerprint density at radius 2 is 2.10 bits per heavy atom. The van der Waals surface area contributed by atoms with E-state index in [0.29, 0.717) is 18.1 Å². The summed E-state index contributed by atoms with van der Waals surface area (Å²) in [5.74, 6) is 1.10. The molecule has 1 atom stereocenters. The third-order valence-electron chi connectivity index (χ3n) is 2.79. The summed E-state index contributed by atoms with van der Waals surface area (Å²) in [6, 6.07) is 1.54. The number of urea groups is 1. The van der Waals surface area contributed by atoms with Gasteiger partial charge in [-0.05, 0) is 27.2 Å². The van der Waals surface area contributed by atoms with Crippen LogP contribution in [-0.4, -0.2) is 37.1 Å². The van der Waals surface area contributed by atoms with Crippen LogP contribution in [-0.2, 0) is 24.3 Å². The maximum Gasteiger partial charge on any atom is 0.320 e. The first kappa shape index (κ1) is 16.7. The number of carbonyl (C=O) groups is 1. The van der Waals surface area contributed by atoms with Crippen molar-refractivity contribution in [3.63, 3.8) is 0 Å². The van der Waals surface area contributed by atoms with Crippen molar-refractivity contribution in [2.24, 2.45) is 7.05 Å². The van der Waals surface area contributed by atoms with Gasteiger partial charge in [0.05, 0.1) is 5.69 Å². The van der Waals surface area contributed by atoms with Crippen molar-refractivity contribution in [1.29, 1.82) is 0 Å². The Labute approximate surface area is 122 Å².